The molecular formula is C54H50N2O9. The van der Waals surface area contributed by atoms with Crippen molar-refractivity contribution in [3.63, 3.8) is 0 Å². The number of hydrogen-bond acceptors (Lipinski definition) is 9. The van der Waals surface area contributed by atoms with E-state index in [0.29, 0.717) is 28.6 Å². The predicted octanol–water partition coefficient (Wildman–Crippen LogP) is 8.64. The van der Waals surface area contributed by atoms with Gasteiger partial charge >= 0.3 is 5.69 Å². The Balaban J connectivity index is 1.37. The molecule has 330 valence electrons. The Morgan fingerprint density at radius 2 is 0.969 bits per heavy atom. The fraction of sp³-hybridized carbons (Fsp3) is 0.204. The van der Waals surface area contributed by atoms with E-state index >= 15 is 0 Å². The van der Waals surface area contributed by atoms with Crippen molar-refractivity contribution in [1.82, 2.24) is 9.55 Å². The molecule has 0 radical (unpaired) electrons. The molecule has 1 heterocycles. The van der Waals surface area contributed by atoms with Crippen LogP contribution in [0.25, 0.3) is 0 Å². The summed E-state index contributed by atoms with van der Waals surface area (Å²) in [6, 6.07) is 50.5. The van der Waals surface area contributed by atoms with Gasteiger partial charge in [0.15, 0.2) is 0 Å². The summed E-state index contributed by atoms with van der Waals surface area (Å²) in [4.78, 5) is 43.1. The molecule has 6 aromatic carbocycles. The monoisotopic (exact) mass is 870 g/mol. The smallest absolute Gasteiger partial charge is 0.328 e. The quantitative estimate of drug-likeness (QED) is 0.0544. The first-order chi connectivity index (χ1) is 31.6. The van der Waals surface area contributed by atoms with E-state index in [2.05, 4.69) is 11.6 Å². The Kier molecular flexibility index (Phi) is 12.7. The molecule has 11 nitrogen and oxygen atoms in total. The molecule has 7 aromatic rings. The molecule has 1 fully saturated rings. The lowest BCUT2D eigenvalue weighted by molar-refractivity contribution is -0.143. The first kappa shape index (κ1) is 44.1. The van der Waals surface area contributed by atoms with Crippen molar-refractivity contribution in [2.75, 3.05) is 35.0 Å². The van der Waals surface area contributed by atoms with Crippen molar-refractivity contribution < 1.29 is 33.2 Å². The van der Waals surface area contributed by atoms with Gasteiger partial charge in [-0.2, -0.15) is 0 Å². The maximum absolute atomic E-state index is 14.6. The summed E-state index contributed by atoms with van der Waals surface area (Å²) in [5.74, 6) is 2.58. The SMILES string of the molecule is C=C1[C@@H](n2ccc(=O)[nH]c2=O)C[C@H](OC(c2ccccc2)(c2ccc(OC)cc2)c2ccc(OC)cc2)[C@@]1(C=O)COC(c1ccccc1)(c1ccc(OC)cc1)c1ccc(OC)cc1. The highest BCUT2D eigenvalue weighted by Gasteiger charge is 2.57. The van der Waals surface area contributed by atoms with E-state index in [-0.39, 0.29) is 13.0 Å². The van der Waals surface area contributed by atoms with Gasteiger partial charge < -0.3 is 33.2 Å². The molecule has 11 heteroatoms. The minimum Gasteiger partial charge on any atom is -0.497 e. The van der Waals surface area contributed by atoms with E-state index < -0.39 is 40.0 Å². The van der Waals surface area contributed by atoms with Gasteiger partial charge in [0.1, 0.15) is 40.5 Å². The van der Waals surface area contributed by atoms with Crippen LogP contribution < -0.4 is 30.2 Å². The van der Waals surface area contributed by atoms with Crippen molar-refractivity contribution in [3.8, 4) is 23.0 Å². The summed E-state index contributed by atoms with van der Waals surface area (Å²) < 4.78 is 39.0. The van der Waals surface area contributed by atoms with Gasteiger partial charge in [-0.1, -0.05) is 116 Å². The number of H-pyrrole nitrogens is 1. The molecular weight excluding hydrogens is 821 g/mol. The molecule has 1 aliphatic rings. The van der Waals surface area contributed by atoms with Gasteiger partial charge in [-0.25, -0.2) is 4.79 Å². The molecule has 3 atom stereocenters. The lowest BCUT2D eigenvalue weighted by Crippen LogP contribution is -2.47. The largest absolute Gasteiger partial charge is 0.497 e. The molecule has 8 rings (SSSR count). The lowest BCUT2D eigenvalue weighted by Gasteiger charge is -2.44. The van der Waals surface area contributed by atoms with Crippen molar-refractivity contribution >= 4 is 6.29 Å². The van der Waals surface area contributed by atoms with Crippen LogP contribution in [-0.4, -0.2) is 57.0 Å². The molecule has 0 unspecified atom stereocenters. The second-order valence-corrected chi connectivity index (χ2v) is 15.9. The number of aromatic amines is 1. The van der Waals surface area contributed by atoms with Crippen LogP contribution in [0, 0.1) is 5.41 Å². The number of methoxy groups -OCH3 is 4. The third-order valence-corrected chi connectivity index (χ3v) is 12.6. The molecule has 1 N–H and O–H groups in total. The predicted molar refractivity (Wildman–Crippen MR) is 248 cm³/mol. The zero-order chi connectivity index (χ0) is 45.6. The van der Waals surface area contributed by atoms with Crippen molar-refractivity contribution in [3.05, 3.63) is 236 Å². The summed E-state index contributed by atoms with van der Waals surface area (Å²) in [6.07, 6.45) is 1.35. The van der Waals surface area contributed by atoms with Crippen LogP contribution in [0.3, 0.4) is 0 Å². The van der Waals surface area contributed by atoms with E-state index in [4.69, 9.17) is 28.4 Å². The topological polar surface area (TPSA) is 127 Å². The third kappa shape index (κ3) is 8.05. The Bertz CT molecular complexity index is 2750. The number of rotatable bonds is 17. The second-order valence-electron chi connectivity index (χ2n) is 15.9. The summed E-state index contributed by atoms with van der Waals surface area (Å²) in [6.45, 7) is 4.33. The molecule has 0 spiro atoms. The normalized spacial score (nSPS) is 17.3. The number of benzene rings is 6. The number of carbonyl (C=O) groups is 1. The van der Waals surface area contributed by atoms with E-state index in [1.165, 1.54) is 16.8 Å². The number of ether oxygens (including phenoxy) is 6. The molecule has 0 saturated heterocycles. The van der Waals surface area contributed by atoms with E-state index in [0.717, 1.165) is 39.7 Å². The number of aldehydes is 1. The molecule has 65 heavy (non-hydrogen) atoms. The highest BCUT2D eigenvalue weighted by Crippen LogP contribution is 2.55. The Morgan fingerprint density at radius 3 is 1.35 bits per heavy atom. The molecule has 0 aliphatic heterocycles. The van der Waals surface area contributed by atoms with Crippen LogP contribution in [0.15, 0.2) is 192 Å². The number of nitrogens with one attached hydrogen (secondary N) is 1. The summed E-state index contributed by atoms with van der Waals surface area (Å²) in [7, 11) is 6.43. The fourth-order valence-corrected chi connectivity index (χ4v) is 9.09. The van der Waals surface area contributed by atoms with Crippen LogP contribution in [0.2, 0.25) is 0 Å². The van der Waals surface area contributed by atoms with Crippen molar-refractivity contribution in [2.24, 2.45) is 5.41 Å². The zero-order valence-electron chi connectivity index (χ0n) is 36.6. The number of aromatic nitrogens is 2. The molecule has 1 aromatic heterocycles. The van der Waals surface area contributed by atoms with Crippen LogP contribution in [-0.2, 0) is 25.5 Å². The van der Waals surface area contributed by atoms with Crippen LogP contribution >= 0.6 is 0 Å². The zero-order valence-corrected chi connectivity index (χ0v) is 36.6. The highest BCUT2D eigenvalue weighted by molar-refractivity contribution is 5.69. The first-order valence-electron chi connectivity index (χ1n) is 21.1. The lowest BCUT2D eigenvalue weighted by atomic mass is 9.77. The van der Waals surface area contributed by atoms with Crippen LogP contribution in [0.4, 0.5) is 0 Å². The van der Waals surface area contributed by atoms with Crippen LogP contribution in [0.1, 0.15) is 45.8 Å². The average molecular weight is 871 g/mol. The maximum Gasteiger partial charge on any atom is 0.328 e. The summed E-state index contributed by atoms with van der Waals surface area (Å²) in [5, 5.41) is 0. The van der Waals surface area contributed by atoms with Gasteiger partial charge in [0, 0.05) is 12.3 Å². The van der Waals surface area contributed by atoms with Crippen molar-refractivity contribution in [2.45, 2.75) is 29.8 Å². The molecule has 0 bridgehead atoms. The maximum atomic E-state index is 14.6. The number of carbonyl (C=O) groups excluding carboxylic acids is 1. The Morgan fingerprint density at radius 1 is 0.585 bits per heavy atom. The van der Waals surface area contributed by atoms with Gasteiger partial charge in [0.05, 0.1) is 52.6 Å². The highest BCUT2D eigenvalue weighted by atomic mass is 16.5. The van der Waals surface area contributed by atoms with Gasteiger partial charge in [-0.05, 0) is 93.9 Å². The Hall–Kier alpha value is -7.47. The number of nitrogens with zero attached hydrogens (tertiary/aromatic N) is 1. The minimum atomic E-state index is -1.63. The number of hydrogen-bond donors (Lipinski definition) is 1. The average Bonchev–Trinajstić information content (AvgIpc) is 3.63. The van der Waals surface area contributed by atoms with Gasteiger partial charge in [0.25, 0.3) is 5.56 Å². The minimum absolute atomic E-state index is 0.0944. The first-order valence-corrected chi connectivity index (χ1v) is 21.1. The van der Waals surface area contributed by atoms with Gasteiger partial charge in [0.2, 0.25) is 0 Å². The fourth-order valence-electron chi connectivity index (χ4n) is 9.09. The van der Waals surface area contributed by atoms with Gasteiger partial charge in [-0.15, -0.1) is 0 Å². The summed E-state index contributed by atoms with van der Waals surface area (Å²) in [5.41, 5.74) is -0.671. The van der Waals surface area contributed by atoms with E-state index in [9.17, 15) is 14.4 Å². The molecule has 1 aliphatic carbocycles. The van der Waals surface area contributed by atoms with E-state index in [1.807, 2.05) is 158 Å². The standard InChI is InChI=1S/C54H50N2O9/c1-37-48(56-33-32-50(58)55-51(56)59)34-49(65-54(39-14-10-7-11-15-39,42-20-28-46(62-4)29-21-42)43-22-30-47(63-5)31-23-43)52(37,35-57)36-64-53(38-12-8-6-9-13-38,40-16-24-44(60-2)25-17-40)41-18-26-45(61-3)27-19-41/h6-33,35,48-49H,1,34,36H2,2-5H3,(H,55,58,59)/t48-,49-,52-/m0/s1. The van der Waals surface area contributed by atoms with Crippen LogP contribution in [0.5, 0.6) is 23.0 Å². The molecule has 0 amide bonds. The van der Waals surface area contributed by atoms with Crippen molar-refractivity contribution in [1.29, 1.82) is 0 Å². The second kappa shape index (κ2) is 18.7. The Labute approximate surface area is 377 Å². The third-order valence-electron chi connectivity index (χ3n) is 12.6. The summed E-state index contributed by atoms with van der Waals surface area (Å²) >= 11 is 0. The molecule has 1 saturated carbocycles. The van der Waals surface area contributed by atoms with Gasteiger partial charge in [-0.3, -0.25) is 14.3 Å². The van der Waals surface area contributed by atoms with E-state index in [1.54, 1.807) is 28.4 Å².